The largest absolute Gasteiger partial charge is 0.368 e. The van der Waals surface area contributed by atoms with Gasteiger partial charge >= 0.3 is 0 Å². The summed E-state index contributed by atoms with van der Waals surface area (Å²) in [5.41, 5.74) is 10.5. The van der Waals surface area contributed by atoms with Crippen molar-refractivity contribution < 1.29 is 19.1 Å². The van der Waals surface area contributed by atoms with Crippen LogP contribution in [-0.2, 0) is 19.1 Å². The Morgan fingerprint density at radius 1 is 1.27 bits per heavy atom. The minimum Gasteiger partial charge on any atom is -0.368 e. The molecule has 0 aromatic rings. The van der Waals surface area contributed by atoms with E-state index in [1.807, 2.05) is 0 Å². The van der Waals surface area contributed by atoms with Crippen molar-refractivity contribution in [3.8, 4) is 0 Å². The van der Waals surface area contributed by atoms with Gasteiger partial charge in [-0.1, -0.05) is 0 Å². The van der Waals surface area contributed by atoms with Crippen molar-refractivity contribution in [2.75, 3.05) is 26.6 Å². The fourth-order valence-corrected chi connectivity index (χ4v) is 1.56. The second-order valence-electron chi connectivity index (χ2n) is 4.67. The summed E-state index contributed by atoms with van der Waals surface area (Å²) in [6.45, 7) is 1.44. The molecule has 0 aliphatic carbocycles. The molecule has 9 nitrogen and oxygen atoms in total. The highest BCUT2D eigenvalue weighted by molar-refractivity contribution is 5.79. The summed E-state index contributed by atoms with van der Waals surface area (Å²) in [7, 11) is 0. The van der Waals surface area contributed by atoms with Gasteiger partial charge < -0.3 is 21.5 Å². The summed E-state index contributed by atoms with van der Waals surface area (Å²) >= 11 is 0. The molecule has 126 valence electrons. The number of hydrogen-bond acceptors (Lipinski definition) is 7. The topological polar surface area (TPSA) is 149 Å². The van der Waals surface area contributed by atoms with E-state index in [0.717, 1.165) is 12.8 Å². The first-order chi connectivity index (χ1) is 10.6. The molecule has 2 amide bonds. The Morgan fingerprint density at radius 2 is 2.05 bits per heavy atom. The normalized spacial score (nSPS) is 11.5. The second-order valence-corrected chi connectivity index (χ2v) is 4.67. The fourth-order valence-electron chi connectivity index (χ4n) is 1.56. The summed E-state index contributed by atoms with van der Waals surface area (Å²) in [5, 5.41) is 5.52. The van der Waals surface area contributed by atoms with Gasteiger partial charge in [-0.15, -0.1) is 0 Å². The summed E-state index contributed by atoms with van der Waals surface area (Å²) in [6, 6.07) is -0.612. The molecule has 0 saturated carbocycles. The zero-order chi connectivity index (χ0) is 16.6. The number of nitrogens with two attached hydrogens (primary N) is 2. The summed E-state index contributed by atoms with van der Waals surface area (Å²) in [4.78, 5) is 35.2. The number of hydrogen-bond donors (Lipinski definition) is 4. The third-order valence-corrected chi connectivity index (χ3v) is 2.78. The smallest absolute Gasteiger partial charge is 0.236 e. The molecular formula is C13H25N5O4. The van der Waals surface area contributed by atoms with Gasteiger partial charge in [-0.3, -0.25) is 14.9 Å². The van der Waals surface area contributed by atoms with Crippen molar-refractivity contribution in [2.45, 2.75) is 38.1 Å². The molecule has 0 saturated heterocycles. The van der Waals surface area contributed by atoms with E-state index in [4.69, 9.17) is 16.2 Å². The van der Waals surface area contributed by atoms with Gasteiger partial charge in [0.1, 0.15) is 6.67 Å². The number of rotatable bonds is 14. The SMILES string of the molecule is NC(=O)[C@@H](N)CCCCNC(=O)CCCOCNCN=C=O. The Morgan fingerprint density at radius 3 is 2.73 bits per heavy atom. The maximum absolute atomic E-state index is 11.5. The molecule has 0 aromatic heterocycles. The van der Waals surface area contributed by atoms with E-state index in [-0.39, 0.29) is 19.3 Å². The van der Waals surface area contributed by atoms with Crippen LogP contribution in [0.1, 0.15) is 32.1 Å². The van der Waals surface area contributed by atoms with E-state index in [1.165, 1.54) is 6.08 Å². The number of aliphatic imine (C=N–C) groups is 1. The van der Waals surface area contributed by atoms with Crippen LogP contribution in [0.4, 0.5) is 0 Å². The first-order valence-corrected chi connectivity index (χ1v) is 7.21. The van der Waals surface area contributed by atoms with Gasteiger partial charge in [0.25, 0.3) is 0 Å². The van der Waals surface area contributed by atoms with Gasteiger partial charge in [0.15, 0.2) is 0 Å². The Balaban J connectivity index is 3.33. The molecule has 1 atom stereocenters. The number of ether oxygens (including phenoxy) is 1. The van der Waals surface area contributed by atoms with Gasteiger partial charge in [0.2, 0.25) is 17.9 Å². The van der Waals surface area contributed by atoms with Crippen LogP contribution < -0.4 is 22.1 Å². The fraction of sp³-hybridized carbons (Fsp3) is 0.769. The Labute approximate surface area is 129 Å². The average molecular weight is 315 g/mol. The molecule has 0 aromatic carbocycles. The van der Waals surface area contributed by atoms with Crippen LogP contribution >= 0.6 is 0 Å². The quantitative estimate of drug-likeness (QED) is 0.136. The maximum Gasteiger partial charge on any atom is 0.236 e. The monoisotopic (exact) mass is 315 g/mol. The molecule has 22 heavy (non-hydrogen) atoms. The Hall–Kier alpha value is -1.80. The lowest BCUT2D eigenvalue weighted by molar-refractivity contribution is -0.121. The standard InChI is InChI=1S/C13H25N5O4/c14-11(13(15)21)4-1-2-6-18-12(20)5-3-7-22-10-17-8-16-9-19/h11,17H,1-8,10,14H2,(H2,15,21)(H,18,20)/t11-/m0/s1. The van der Waals surface area contributed by atoms with E-state index in [0.29, 0.717) is 32.4 Å². The highest BCUT2D eigenvalue weighted by Crippen LogP contribution is 1.98. The molecule has 0 aliphatic rings. The van der Waals surface area contributed by atoms with Gasteiger partial charge in [-0.25, -0.2) is 4.79 Å². The number of isocyanates is 1. The van der Waals surface area contributed by atoms with Crippen molar-refractivity contribution in [1.82, 2.24) is 10.6 Å². The molecule has 0 spiro atoms. The first-order valence-electron chi connectivity index (χ1n) is 7.21. The minimum absolute atomic E-state index is 0.0405. The minimum atomic E-state index is -0.612. The van der Waals surface area contributed by atoms with E-state index in [1.54, 1.807) is 0 Å². The summed E-state index contributed by atoms with van der Waals surface area (Å²) in [6.07, 6.45) is 4.41. The zero-order valence-electron chi connectivity index (χ0n) is 12.7. The lowest BCUT2D eigenvalue weighted by atomic mass is 10.1. The van der Waals surface area contributed by atoms with Crippen molar-refractivity contribution in [3.63, 3.8) is 0 Å². The molecule has 0 fully saturated rings. The average Bonchev–Trinajstić information content (AvgIpc) is 2.49. The Kier molecular flexibility index (Phi) is 13.0. The lowest BCUT2D eigenvalue weighted by Crippen LogP contribution is -2.36. The van der Waals surface area contributed by atoms with Crippen LogP contribution in [0.2, 0.25) is 0 Å². The molecule has 6 N–H and O–H groups in total. The Bertz CT molecular complexity index is 371. The number of carbonyl (C=O) groups is 2. The lowest BCUT2D eigenvalue weighted by Gasteiger charge is -2.08. The highest BCUT2D eigenvalue weighted by atomic mass is 16.5. The van der Waals surface area contributed by atoms with E-state index in [2.05, 4.69) is 15.6 Å². The van der Waals surface area contributed by atoms with Gasteiger partial charge in [-0.2, -0.15) is 4.99 Å². The maximum atomic E-state index is 11.5. The molecule has 0 unspecified atom stereocenters. The van der Waals surface area contributed by atoms with Gasteiger partial charge in [0.05, 0.1) is 12.8 Å². The molecule has 0 aliphatic heterocycles. The third-order valence-electron chi connectivity index (χ3n) is 2.78. The number of nitrogens with one attached hydrogen (secondary N) is 2. The molecule has 0 radical (unpaired) electrons. The first kappa shape index (κ1) is 20.2. The second kappa shape index (κ2) is 14.2. The van der Waals surface area contributed by atoms with Crippen molar-refractivity contribution >= 4 is 17.9 Å². The van der Waals surface area contributed by atoms with E-state index >= 15 is 0 Å². The summed E-state index contributed by atoms with van der Waals surface area (Å²) < 4.78 is 5.18. The molecule has 9 heteroatoms. The van der Waals surface area contributed by atoms with E-state index < -0.39 is 11.9 Å². The zero-order valence-corrected chi connectivity index (χ0v) is 12.7. The van der Waals surface area contributed by atoms with Crippen LogP contribution in [0.15, 0.2) is 4.99 Å². The molecule has 0 bridgehead atoms. The number of unbranched alkanes of at least 4 members (excludes halogenated alkanes) is 1. The number of amides is 2. The summed E-state index contributed by atoms with van der Waals surface area (Å²) in [5.74, 6) is -0.544. The molecular weight excluding hydrogens is 290 g/mol. The van der Waals surface area contributed by atoms with Crippen molar-refractivity contribution in [2.24, 2.45) is 16.5 Å². The van der Waals surface area contributed by atoms with Crippen molar-refractivity contribution in [1.29, 1.82) is 0 Å². The highest BCUT2D eigenvalue weighted by Gasteiger charge is 2.08. The van der Waals surface area contributed by atoms with Crippen molar-refractivity contribution in [3.05, 3.63) is 0 Å². The number of primary amides is 1. The predicted molar refractivity (Wildman–Crippen MR) is 80.2 cm³/mol. The number of carbonyl (C=O) groups excluding carboxylic acids is 3. The van der Waals surface area contributed by atoms with E-state index in [9.17, 15) is 14.4 Å². The van der Waals surface area contributed by atoms with Gasteiger partial charge in [0, 0.05) is 19.6 Å². The predicted octanol–water partition coefficient (Wildman–Crippen LogP) is -1.28. The van der Waals surface area contributed by atoms with Crippen LogP contribution in [0.3, 0.4) is 0 Å². The van der Waals surface area contributed by atoms with Crippen LogP contribution in [-0.4, -0.2) is 50.5 Å². The molecule has 0 heterocycles. The number of nitrogens with zero attached hydrogens (tertiary/aromatic N) is 1. The third kappa shape index (κ3) is 13.2. The molecule has 0 rings (SSSR count). The van der Waals surface area contributed by atoms with Crippen LogP contribution in [0.25, 0.3) is 0 Å². The van der Waals surface area contributed by atoms with Crippen LogP contribution in [0, 0.1) is 0 Å². The van der Waals surface area contributed by atoms with Gasteiger partial charge in [-0.05, 0) is 25.7 Å². The van der Waals surface area contributed by atoms with Crippen LogP contribution in [0.5, 0.6) is 0 Å².